The van der Waals surface area contributed by atoms with Crippen LogP contribution >= 0.6 is 0 Å². The highest BCUT2D eigenvalue weighted by molar-refractivity contribution is 5.94. The van der Waals surface area contributed by atoms with E-state index in [9.17, 15) is 13.6 Å². The number of amides is 1. The first-order valence-corrected chi connectivity index (χ1v) is 4.96. The Morgan fingerprint density at radius 1 is 1.41 bits per heavy atom. The van der Waals surface area contributed by atoms with Crippen molar-refractivity contribution in [2.75, 3.05) is 6.54 Å². The predicted octanol–water partition coefficient (Wildman–Crippen LogP) is 2.59. The zero-order valence-corrected chi connectivity index (χ0v) is 9.37. The molecule has 1 amide bonds. The monoisotopic (exact) mass is 241 g/mol. The fourth-order valence-corrected chi connectivity index (χ4v) is 1.12. The highest BCUT2D eigenvalue weighted by Crippen LogP contribution is 2.14. The first kappa shape index (κ1) is 13.2. The Kier molecular flexibility index (Phi) is 4.63. The quantitative estimate of drug-likeness (QED) is 0.805. The highest BCUT2D eigenvalue weighted by Gasteiger charge is 2.07. The summed E-state index contributed by atoms with van der Waals surface area (Å²) in [5, 5.41) is 2.63. The third-order valence-electron chi connectivity index (χ3n) is 1.89. The number of alkyl halides is 2. The highest BCUT2D eigenvalue weighted by atomic mass is 19.3. The Morgan fingerprint density at radius 3 is 2.47 bits per heavy atom. The molecule has 0 spiro atoms. The van der Waals surface area contributed by atoms with Crippen molar-refractivity contribution in [3.05, 3.63) is 42.0 Å². The second-order valence-corrected chi connectivity index (χ2v) is 3.54. The average molecular weight is 241 g/mol. The Balaban J connectivity index is 2.60. The lowest BCUT2D eigenvalue weighted by molar-refractivity contribution is -0.0498. The van der Waals surface area contributed by atoms with Crippen molar-refractivity contribution >= 4 is 5.91 Å². The second kappa shape index (κ2) is 5.98. The summed E-state index contributed by atoms with van der Waals surface area (Å²) in [6.07, 6.45) is 0. The van der Waals surface area contributed by atoms with Crippen LogP contribution in [-0.4, -0.2) is 19.1 Å². The second-order valence-electron chi connectivity index (χ2n) is 3.54. The van der Waals surface area contributed by atoms with E-state index in [-0.39, 0.29) is 11.7 Å². The molecular weight excluding hydrogens is 228 g/mol. The van der Waals surface area contributed by atoms with Crippen molar-refractivity contribution in [1.82, 2.24) is 5.32 Å². The molecule has 0 fully saturated rings. The molecule has 0 radical (unpaired) electrons. The fraction of sp³-hybridized carbons (Fsp3) is 0.250. The van der Waals surface area contributed by atoms with E-state index in [1.54, 1.807) is 6.92 Å². The molecule has 1 rings (SSSR count). The number of nitrogens with one attached hydrogen (secondary N) is 1. The number of hydrogen-bond acceptors (Lipinski definition) is 2. The van der Waals surface area contributed by atoms with Crippen molar-refractivity contribution < 1.29 is 18.3 Å². The van der Waals surface area contributed by atoms with Gasteiger partial charge in [0.2, 0.25) is 0 Å². The van der Waals surface area contributed by atoms with Crippen LogP contribution in [0.2, 0.25) is 0 Å². The molecule has 0 aromatic heterocycles. The van der Waals surface area contributed by atoms with E-state index in [2.05, 4.69) is 16.6 Å². The maximum absolute atomic E-state index is 11.9. The molecule has 0 bridgehead atoms. The molecule has 0 aliphatic carbocycles. The smallest absolute Gasteiger partial charge is 0.387 e. The van der Waals surface area contributed by atoms with Gasteiger partial charge in [-0.25, -0.2) is 0 Å². The van der Waals surface area contributed by atoms with Crippen LogP contribution in [0.5, 0.6) is 5.75 Å². The van der Waals surface area contributed by atoms with Gasteiger partial charge in [0, 0.05) is 12.1 Å². The maximum atomic E-state index is 11.9. The van der Waals surface area contributed by atoms with Gasteiger partial charge in [-0.05, 0) is 31.2 Å². The number of carbonyl (C=O) groups excluding carboxylic acids is 1. The van der Waals surface area contributed by atoms with Crippen LogP contribution in [-0.2, 0) is 0 Å². The molecule has 3 nitrogen and oxygen atoms in total. The third kappa shape index (κ3) is 4.63. The van der Waals surface area contributed by atoms with Crippen LogP contribution < -0.4 is 10.1 Å². The van der Waals surface area contributed by atoms with Gasteiger partial charge in [0.15, 0.2) is 0 Å². The number of rotatable bonds is 5. The van der Waals surface area contributed by atoms with Crippen molar-refractivity contribution in [3.8, 4) is 5.75 Å². The van der Waals surface area contributed by atoms with E-state index < -0.39 is 6.61 Å². The zero-order valence-electron chi connectivity index (χ0n) is 9.37. The van der Waals surface area contributed by atoms with Crippen LogP contribution in [0.15, 0.2) is 36.4 Å². The SMILES string of the molecule is C=C(C)CNC(=O)c1ccc(OC(F)F)cc1. The van der Waals surface area contributed by atoms with Crippen LogP contribution in [0.25, 0.3) is 0 Å². The molecule has 92 valence electrons. The Labute approximate surface area is 98.1 Å². The molecule has 17 heavy (non-hydrogen) atoms. The minimum Gasteiger partial charge on any atom is -0.435 e. The van der Waals surface area contributed by atoms with Gasteiger partial charge in [-0.3, -0.25) is 4.79 Å². The summed E-state index contributed by atoms with van der Waals surface area (Å²) in [5.74, 6) is -0.256. The summed E-state index contributed by atoms with van der Waals surface area (Å²) in [7, 11) is 0. The molecule has 0 atom stereocenters. The van der Waals surface area contributed by atoms with Gasteiger partial charge in [-0.2, -0.15) is 8.78 Å². The van der Waals surface area contributed by atoms with Gasteiger partial charge in [-0.15, -0.1) is 0 Å². The molecule has 0 aliphatic heterocycles. The van der Waals surface area contributed by atoms with Gasteiger partial charge < -0.3 is 10.1 Å². The van der Waals surface area contributed by atoms with E-state index >= 15 is 0 Å². The number of hydrogen-bond donors (Lipinski definition) is 1. The van der Waals surface area contributed by atoms with Crippen LogP contribution in [0.3, 0.4) is 0 Å². The Morgan fingerprint density at radius 2 is 2.00 bits per heavy atom. The molecule has 5 heteroatoms. The topological polar surface area (TPSA) is 38.3 Å². The Hall–Kier alpha value is -1.91. The molecule has 0 saturated carbocycles. The molecule has 0 saturated heterocycles. The van der Waals surface area contributed by atoms with Crippen LogP contribution in [0.4, 0.5) is 8.78 Å². The predicted molar refractivity (Wildman–Crippen MR) is 60.2 cm³/mol. The van der Waals surface area contributed by atoms with Gasteiger partial charge in [-0.1, -0.05) is 12.2 Å². The summed E-state index contributed by atoms with van der Waals surface area (Å²) < 4.78 is 27.9. The number of carbonyl (C=O) groups is 1. The van der Waals surface area contributed by atoms with Gasteiger partial charge in [0.05, 0.1) is 0 Å². The molecular formula is C12H13F2NO2. The normalized spacial score (nSPS) is 10.1. The first-order chi connectivity index (χ1) is 7.99. The summed E-state index contributed by atoms with van der Waals surface area (Å²) in [4.78, 5) is 11.5. The lowest BCUT2D eigenvalue weighted by Crippen LogP contribution is -2.24. The average Bonchev–Trinajstić information content (AvgIpc) is 2.26. The zero-order chi connectivity index (χ0) is 12.8. The van der Waals surface area contributed by atoms with Crippen LogP contribution in [0, 0.1) is 0 Å². The summed E-state index contributed by atoms with van der Waals surface area (Å²) in [6.45, 7) is 2.96. The van der Waals surface area contributed by atoms with Crippen molar-refractivity contribution in [1.29, 1.82) is 0 Å². The largest absolute Gasteiger partial charge is 0.435 e. The Bertz CT molecular complexity index is 401. The number of ether oxygens (including phenoxy) is 1. The summed E-state index contributed by atoms with van der Waals surface area (Å²) in [5.41, 5.74) is 1.21. The molecule has 1 N–H and O–H groups in total. The summed E-state index contributed by atoms with van der Waals surface area (Å²) >= 11 is 0. The van der Waals surface area contributed by atoms with Crippen LogP contribution in [0.1, 0.15) is 17.3 Å². The molecule has 0 heterocycles. The van der Waals surface area contributed by atoms with Gasteiger partial charge in [0.25, 0.3) is 5.91 Å². The van der Waals surface area contributed by atoms with E-state index in [4.69, 9.17) is 0 Å². The number of benzene rings is 1. The number of halogens is 2. The molecule has 1 aromatic rings. The lowest BCUT2D eigenvalue weighted by Gasteiger charge is -2.06. The van der Waals surface area contributed by atoms with Gasteiger partial charge >= 0.3 is 6.61 Å². The van der Waals surface area contributed by atoms with E-state index in [1.807, 2.05) is 0 Å². The first-order valence-electron chi connectivity index (χ1n) is 4.96. The molecule has 0 unspecified atom stereocenters. The fourth-order valence-electron chi connectivity index (χ4n) is 1.12. The van der Waals surface area contributed by atoms with Crippen molar-refractivity contribution in [3.63, 3.8) is 0 Å². The maximum Gasteiger partial charge on any atom is 0.387 e. The van der Waals surface area contributed by atoms with Crippen molar-refractivity contribution in [2.24, 2.45) is 0 Å². The minimum absolute atomic E-state index is 0.0245. The summed E-state index contributed by atoms with van der Waals surface area (Å²) in [6, 6.07) is 5.49. The minimum atomic E-state index is -2.86. The van der Waals surface area contributed by atoms with E-state index in [0.717, 1.165) is 5.57 Å². The van der Waals surface area contributed by atoms with E-state index in [0.29, 0.717) is 12.1 Å². The molecule has 1 aromatic carbocycles. The van der Waals surface area contributed by atoms with Gasteiger partial charge in [0.1, 0.15) is 5.75 Å². The lowest BCUT2D eigenvalue weighted by atomic mass is 10.2. The standard InChI is InChI=1S/C12H13F2NO2/c1-8(2)7-15-11(16)9-3-5-10(6-4-9)17-12(13)14/h3-6,12H,1,7H2,2H3,(H,15,16). The van der Waals surface area contributed by atoms with E-state index in [1.165, 1.54) is 24.3 Å². The third-order valence-corrected chi connectivity index (χ3v) is 1.89. The molecule has 0 aliphatic rings. The van der Waals surface area contributed by atoms with Crippen molar-refractivity contribution in [2.45, 2.75) is 13.5 Å².